The van der Waals surface area contributed by atoms with Crippen molar-refractivity contribution < 1.29 is 9.21 Å². The lowest BCUT2D eigenvalue weighted by Crippen LogP contribution is -2.29. The van der Waals surface area contributed by atoms with Crippen LogP contribution in [0.3, 0.4) is 0 Å². The van der Waals surface area contributed by atoms with Crippen LogP contribution in [-0.4, -0.2) is 15.8 Å². The Morgan fingerprint density at radius 1 is 1.19 bits per heavy atom. The van der Waals surface area contributed by atoms with Crippen molar-refractivity contribution in [3.05, 3.63) is 87.1 Å². The van der Waals surface area contributed by atoms with Crippen molar-refractivity contribution in [3.8, 4) is 0 Å². The van der Waals surface area contributed by atoms with E-state index in [0.29, 0.717) is 23.1 Å². The Labute approximate surface area is 166 Å². The van der Waals surface area contributed by atoms with Crippen molar-refractivity contribution in [2.75, 3.05) is 0 Å². The van der Waals surface area contributed by atoms with Gasteiger partial charge < -0.3 is 9.32 Å². The summed E-state index contributed by atoms with van der Waals surface area (Å²) in [6, 6.07) is 15.4. The van der Waals surface area contributed by atoms with Gasteiger partial charge in [-0.25, -0.2) is 4.98 Å². The van der Waals surface area contributed by atoms with Crippen LogP contribution in [-0.2, 0) is 13.1 Å². The van der Waals surface area contributed by atoms with Crippen molar-refractivity contribution >= 4 is 39.7 Å². The van der Waals surface area contributed by atoms with Gasteiger partial charge in [-0.15, -0.1) is 11.3 Å². The molecule has 0 radical (unpaired) electrons. The average Bonchev–Trinajstić information content (AvgIpc) is 3.36. The molecule has 4 nitrogen and oxygen atoms in total. The number of halogens is 1. The lowest BCUT2D eigenvalue weighted by Gasteiger charge is -2.22. The second kappa shape index (κ2) is 7.55. The molecule has 0 spiro atoms. The molecule has 0 fully saturated rings. The molecule has 4 rings (SSSR count). The first kappa shape index (κ1) is 17.8. The molecule has 0 atom stereocenters. The molecule has 0 saturated carbocycles. The van der Waals surface area contributed by atoms with Crippen LogP contribution in [0.5, 0.6) is 0 Å². The molecule has 136 valence electrons. The van der Waals surface area contributed by atoms with Crippen LogP contribution in [0.4, 0.5) is 0 Å². The highest BCUT2D eigenvalue weighted by atomic mass is 35.5. The Kier molecular flexibility index (Phi) is 4.97. The summed E-state index contributed by atoms with van der Waals surface area (Å²) in [6.07, 6.45) is 1.61. The number of hydrogen-bond donors (Lipinski definition) is 0. The molecule has 0 bridgehead atoms. The number of carbonyl (C=O) groups is 1. The number of pyridine rings is 1. The van der Waals surface area contributed by atoms with Gasteiger partial charge in [-0.2, -0.15) is 0 Å². The molecule has 1 amide bonds. The summed E-state index contributed by atoms with van der Waals surface area (Å²) in [5.74, 6) is 0.669. The highest BCUT2D eigenvalue weighted by Gasteiger charge is 2.20. The lowest BCUT2D eigenvalue weighted by molar-refractivity contribution is 0.0722. The van der Waals surface area contributed by atoms with E-state index in [1.54, 1.807) is 11.2 Å². The molecule has 0 N–H and O–H groups in total. The molecule has 0 aliphatic heterocycles. The zero-order chi connectivity index (χ0) is 18.8. The van der Waals surface area contributed by atoms with Crippen LogP contribution in [0.2, 0.25) is 5.15 Å². The van der Waals surface area contributed by atoms with Crippen molar-refractivity contribution in [1.82, 2.24) is 9.88 Å². The molecule has 3 aromatic heterocycles. The van der Waals surface area contributed by atoms with Crippen LogP contribution in [0.15, 0.2) is 64.6 Å². The zero-order valence-electron chi connectivity index (χ0n) is 14.7. The minimum Gasteiger partial charge on any atom is -0.467 e. The Morgan fingerprint density at radius 2 is 2.07 bits per heavy atom. The van der Waals surface area contributed by atoms with Crippen molar-refractivity contribution in [1.29, 1.82) is 0 Å². The minimum absolute atomic E-state index is 0.0539. The van der Waals surface area contributed by atoms with Gasteiger partial charge in [0.05, 0.1) is 23.2 Å². The van der Waals surface area contributed by atoms with E-state index in [2.05, 4.69) is 4.98 Å². The minimum atomic E-state index is -0.0539. The number of aromatic nitrogens is 1. The fourth-order valence-electron chi connectivity index (χ4n) is 3.03. The Bertz CT molecular complexity index is 1080. The number of aryl methyl sites for hydroxylation is 1. The van der Waals surface area contributed by atoms with E-state index in [4.69, 9.17) is 16.0 Å². The van der Waals surface area contributed by atoms with E-state index in [1.807, 2.05) is 60.8 Å². The third-order valence-electron chi connectivity index (χ3n) is 4.38. The fraction of sp³-hybridized carbons (Fsp3) is 0.143. The number of furan rings is 1. The molecule has 0 saturated heterocycles. The van der Waals surface area contributed by atoms with Crippen LogP contribution in [0.25, 0.3) is 10.9 Å². The number of carbonyl (C=O) groups excluding carboxylic acids is 1. The van der Waals surface area contributed by atoms with Crippen LogP contribution in [0, 0.1) is 6.92 Å². The second-order valence-electron chi connectivity index (χ2n) is 6.30. The fourth-order valence-corrected chi connectivity index (χ4v) is 3.92. The normalized spacial score (nSPS) is 11.0. The molecule has 27 heavy (non-hydrogen) atoms. The van der Waals surface area contributed by atoms with Gasteiger partial charge >= 0.3 is 0 Å². The summed E-state index contributed by atoms with van der Waals surface area (Å²) in [4.78, 5) is 20.0. The number of amides is 1. The van der Waals surface area contributed by atoms with Crippen molar-refractivity contribution in [2.24, 2.45) is 0 Å². The highest BCUT2D eigenvalue weighted by Crippen LogP contribution is 2.25. The predicted octanol–water partition coefficient (Wildman–Crippen LogP) is 5.69. The average molecular weight is 397 g/mol. The SMILES string of the molecule is Cc1cccc2cc(CN(Cc3ccco3)C(=O)c3cccs3)c(Cl)nc12. The van der Waals surface area contributed by atoms with E-state index in [0.717, 1.165) is 27.8 Å². The lowest BCUT2D eigenvalue weighted by atomic mass is 10.1. The summed E-state index contributed by atoms with van der Waals surface area (Å²) >= 11 is 7.88. The van der Waals surface area contributed by atoms with E-state index < -0.39 is 0 Å². The smallest absolute Gasteiger partial charge is 0.264 e. The molecular formula is C21H17ClN2O2S. The van der Waals surface area contributed by atoms with Crippen molar-refractivity contribution in [3.63, 3.8) is 0 Å². The van der Waals surface area contributed by atoms with Gasteiger partial charge in [0, 0.05) is 17.5 Å². The molecule has 3 heterocycles. The number of fused-ring (bicyclic) bond motifs is 1. The van der Waals surface area contributed by atoms with Gasteiger partial charge in [0.2, 0.25) is 0 Å². The van der Waals surface area contributed by atoms with Gasteiger partial charge in [0.1, 0.15) is 10.9 Å². The number of para-hydroxylation sites is 1. The monoisotopic (exact) mass is 396 g/mol. The summed E-state index contributed by atoms with van der Waals surface area (Å²) in [6.45, 7) is 2.73. The summed E-state index contributed by atoms with van der Waals surface area (Å²) in [7, 11) is 0. The van der Waals surface area contributed by atoms with E-state index in [9.17, 15) is 4.79 Å². The summed E-state index contributed by atoms with van der Waals surface area (Å²) < 4.78 is 5.45. The van der Waals surface area contributed by atoms with Crippen LogP contribution < -0.4 is 0 Å². The molecule has 0 aliphatic carbocycles. The number of rotatable bonds is 5. The maximum Gasteiger partial charge on any atom is 0.264 e. The number of thiophene rings is 1. The topological polar surface area (TPSA) is 46.3 Å². The van der Waals surface area contributed by atoms with Gasteiger partial charge in [-0.3, -0.25) is 4.79 Å². The third kappa shape index (κ3) is 3.75. The van der Waals surface area contributed by atoms with Crippen LogP contribution >= 0.6 is 22.9 Å². The molecular weight excluding hydrogens is 380 g/mol. The van der Waals surface area contributed by atoms with Crippen molar-refractivity contribution in [2.45, 2.75) is 20.0 Å². The van der Waals surface area contributed by atoms with Crippen LogP contribution in [0.1, 0.15) is 26.6 Å². The Morgan fingerprint density at radius 3 is 2.81 bits per heavy atom. The maximum absolute atomic E-state index is 13.0. The predicted molar refractivity (Wildman–Crippen MR) is 108 cm³/mol. The molecule has 0 unspecified atom stereocenters. The van der Waals surface area contributed by atoms with Gasteiger partial charge in [0.25, 0.3) is 5.91 Å². The number of hydrogen-bond acceptors (Lipinski definition) is 4. The van der Waals surface area contributed by atoms with Gasteiger partial charge in [-0.1, -0.05) is 35.9 Å². The zero-order valence-corrected chi connectivity index (χ0v) is 16.3. The Balaban J connectivity index is 1.69. The highest BCUT2D eigenvalue weighted by molar-refractivity contribution is 7.12. The third-order valence-corrected chi connectivity index (χ3v) is 5.57. The number of benzene rings is 1. The van der Waals surface area contributed by atoms with Gasteiger partial charge in [0.15, 0.2) is 0 Å². The van der Waals surface area contributed by atoms with E-state index in [1.165, 1.54) is 11.3 Å². The molecule has 6 heteroatoms. The molecule has 1 aromatic carbocycles. The molecule has 0 aliphatic rings. The quantitative estimate of drug-likeness (QED) is 0.407. The number of nitrogens with zero attached hydrogens (tertiary/aromatic N) is 2. The van der Waals surface area contributed by atoms with Gasteiger partial charge in [-0.05, 0) is 42.1 Å². The standard InChI is InChI=1S/C21H17ClN2O2S/c1-14-5-2-6-15-11-16(20(22)23-19(14)15)12-24(13-17-7-3-9-26-17)21(25)18-8-4-10-27-18/h2-11H,12-13H2,1H3. The van der Waals surface area contributed by atoms with E-state index >= 15 is 0 Å². The maximum atomic E-state index is 13.0. The first-order valence-corrected chi connectivity index (χ1v) is 9.77. The second-order valence-corrected chi connectivity index (χ2v) is 7.61. The summed E-state index contributed by atoms with van der Waals surface area (Å²) in [5.41, 5.74) is 2.77. The largest absolute Gasteiger partial charge is 0.467 e. The molecule has 4 aromatic rings. The first-order chi connectivity index (χ1) is 13.1. The first-order valence-electron chi connectivity index (χ1n) is 8.52. The Hall–Kier alpha value is -2.63. The van der Waals surface area contributed by atoms with E-state index in [-0.39, 0.29) is 5.91 Å². The summed E-state index contributed by atoms with van der Waals surface area (Å²) in [5, 5.41) is 3.32.